The number of imide groups is 1. The number of aliphatic hydroxyl groups is 2. The number of likely N-dealkylation sites (N-methyl/N-ethyl adjacent to an activating group) is 2. The number of amides is 3. The van der Waals surface area contributed by atoms with Crippen LogP contribution in [0.5, 0.6) is 0 Å². The van der Waals surface area contributed by atoms with Crippen molar-refractivity contribution in [2.45, 2.75) is 25.0 Å². The van der Waals surface area contributed by atoms with Gasteiger partial charge in [0.1, 0.15) is 6.10 Å². The quantitative estimate of drug-likeness (QED) is 0.591. The SMILES string of the molecule is CN1C(=O)C2C(=NC(=[N+]3CCCC3)N2CC(O)CO)N(C)C1=O. The predicted molar refractivity (Wildman–Crippen MR) is 81.2 cm³/mol. The Morgan fingerprint density at radius 2 is 1.91 bits per heavy atom. The van der Waals surface area contributed by atoms with Crippen LogP contribution in [0.4, 0.5) is 4.79 Å². The van der Waals surface area contributed by atoms with Gasteiger partial charge in [-0.15, -0.1) is 0 Å². The van der Waals surface area contributed by atoms with Gasteiger partial charge in [-0.2, -0.15) is 0 Å². The van der Waals surface area contributed by atoms with Gasteiger partial charge in [-0.25, -0.2) is 9.69 Å². The van der Waals surface area contributed by atoms with E-state index in [1.807, 2.05) is 0 Å². The van der Waals surface area contributed by atoms with E-state index in [0.717, 1.165) is 30.8 Å². The molecule has 2 N–H and O–H groups in total. The number of fused-ring (bicyclic) bond motifs is 1. The average Bonchev–Trinajstić information content (AvgIpc) is 3.18. The summed E-state index contributed by atoms with van der Waals surface area (Å²) in [5, 5.41) is 19.0. The normalized spacial score (nSPS) is 26.2. The number of carbonyl (C=O) groups is 2. The van der Waals surface area contributed by atoms with E-state index in [9.17, 15) is 14.7 Å². The monoisotopic (exact) mass is 324 g/mol. The zero-order valence-electron chi connectivity index (χ0n) is 13.3. The molecule has 0 saturated carbocycles. The first-order valence-corrected chi connectivity index (χ1v) is 7.77. The predicted octanol–water partition coefficient (Wildman–Crippen LogP) is -1.89. The third-order valence-corrected chi connectivity index (χ3v) is 4.52. The van der Waals surface area contributed by atoms with E-state index in [2.05, 4.69) is 9.57 Å². The van der Waals surface area contributed by atoms with Gasteiger partial charge in [-0.05, 0) is 12.8 Å². The minimum Gasteiger partial charge on any atom is -0.394 e. The second-order valence-electron chi connectivity index (χ2n) is 6.09. The topological polar surface area (TPSA) is 99.7 Å². The van der Waals surface area contributed by atoms with E-state index in [1.54, 1.807) is 11.9 Å². The summed E-state index contributed by atoms with van der Waals surface area (Å²) in [4.78, 5) is 33.4. The summed E-state index contributed by atoms with van der Waals surface area (Å²) in [7, 11) is 3.02. The van der Waals surface area contributed by atoms with Crippen molar-refractivity contribution < 1.29 is 24.4 Å². The third-order valence-electron chi connectivity index (χ3n) is 4.52. The van der Waals surface area contributed by atoms with Crippen molar-refractivity contribution in [3.05, 3.63) is 0 Å². The number of β-amino-alcohol motifs (C(OH)–C–C–N with tert-alkyl or cyclic N) is 1. The molecule has 2 saturated heterocycles. The van der Waals surface area contributed by atoms with Gasteiger partial charge in [0, 0.05) is 14.1 Å². The molecule has 2 fully saturated rings. The van der Waals surface area contributed by atoms with Crippen LogP contribution in [0.1, 0.15) is 12.8 Å². The summed E-state index contributed by atoms with van der Waals surface area (Å²) in [6.45, 7) is 1.34. The number of amidine groups is 1. The molecule has 3 rings (SSSR count). The van der Waals surface area contributed by atoms with Gasteiger partial charge in [0.25, 0.3) is 5.91 Å². The number of carbonyl (C=O) groups excluding carboxylic acids is 2. The van der Waals surface area contributed by atoms with Crippen LogP contribution >= 0.6 is 0 Å². The van der Waals surface area contributed by atoms with E-state index in [-0.39, 0.29) is 12.5 Å². The summed E-state index contributed by atoms with van der Waals surface area (Å²) in [6.07, 6.45) is 1.10. The molecule has 0 aliphatic carbocycles. The molecule has 126 valence electrons. The van der Waals surface area contributed by atoms with E-state index in [0.29, 0.717) is 11.8 Å². The lowest BCUT2D eigenvalue weighted by atomic mass is 10.1. The highest BCUT2D eigenvalue weighted by atomic mass is 16.3. The number of aliphatic hydroxyl groups excluding tert-OH is 2. The first kappa shape index (κ1) is 15.9. The number of guanidine groups is 1. The molecule has 2 atom stereocenters. The summed E-state index contributed by atoms with van der Waals surface area (Å²) >= 11 is 0. The Balaban J connectivity index is 2.03. The van der Waals surface area contributed by atoms with Gasteiger partial charge < -0.3 is 10.2 Å². The molecule has 3 aliphatic heterocycles. The third kappa shape index (κ3) is 2.49. The van der Waals surface area contributed by atoms with Crippen molar-refractivity contribution in [1.82, 2.24) is 14.7 Å². The van der Waals surface area contributed by atoms with Crippen LogP contribution in [-0.2, 0) is 4.79 Å². The molecule has 0 radical (unpaired) electrons. The highest BCUT2D eigenvalue weighted by Crippen LogP contribution is 2.24. The van der Waals surface area contributed by atoms with Crippen molar-refractivity contribution in [1.29, 1.82) is 0 Å². The molecule has 9 heteroatoms. The van der Waals surface area contributed by atoms with Crippen molar-refractivity contribution in [2.75, 3.05) is 40.3 Å². The van der Waals surface area contributed by atoms with E-state index in [4.69, 9.17) is 5.11 Å². The second-order valence-corrected chi connectivity index (χ2v) is 6.09. The van der Waals surface area contributed by atoms with Crippen molar-refractivity contribution >= 4 is 23.7 Å². The standard InChI is InChI=1S/C14H22N5O4/c1-16-11-10(12(22)17(2)14(16)23)19(7-9(21)8-20)13(15-11)18-5-3-4-6-18/h9-10,20-21H,3-8H2,1-2H3/q+1. The summed E-state index contributed by atoms with van der Waals surface area (Å²) in [5.41, 5.74) is 0. The molecule has 0 aromatic rings. The van der Waals surface area contributed by atoms with Crippen LogP contribution in [0.15, 0.2) is 4.99 Å². The molecule has 0 bridgehead atoms. The highest BCUT2D eigenvalue weighted by Gasteiger charge is 2.55. The maximum atomic E-state index is 12.6. The van der Waals surface area contributed by atoms with Crippen LogP contribution in [0.2, 0.25) is 0 Å². The fraction of sp³-hybridized carbons (Fsp3) is 0.714. The van der Waals surface area contributed by atoms with Crippen LogP contribution in [-0.4, -0.2) is 106 Å². The molecule has 0 spiro atoms. The fourth-order valence-corrected chi connectivity index (χ4v) is 3.23. The first-order chi connectivity index (χ1) is 11.0. The molecule has 9 nitrogen and oxygen atoms in total. The molecular weight excluding hydrogens is 302 g/mol. The van der Waals surface area contributed by atoms with Gasteiger partial charge in [-0.3, -0.25) is 19.2 Å². The van der Waals surface area contributed by atoms with Crippen LogP contribution < -0.4 is 0 Å². The van der Waals surface area contributed by atoms with Crippen LogP contribution in [0.3, 0.4) is 0 Å². The zero-order valence-corrected chi connectivity index (χ0v) is 13.3. The zero-order chi connectivity index (χ0) is 16.7. The van der Waals surface area contributed by atoms with Crippen molar-refractivity contribution in [3.63, 3.8) is 0 Å². The van der Waals surface area contributed by atoms with Gasteiger partial charge in [-0.1, -0.05) is 4.99 Å². The van der Waals surface area contributed by atoms with E-state index < -0.39 is 24.8 Å². The molecule has 23 heavy (non-hydrogen) atoms. The van der Waals surface area contributed by atoms with Gasteiger partial charge in [0.2, 0.25) is 11.9 Å². The Labute approximate surface area is 134 Å². The highest BCUT2D eigenvalue weighted by molar-refractivity contribution is 6.25. The number of hydrogen-bond acceptors (Lipinski definition) is 4. The number of rotatable bonds is 3. The average molecular weight is 324 g/mol. The van der Waals surface area contributed by atoms with Crippen LogP contribution in [0, 0.1) is 0 Å². The Bertz CT molecular complexity index is 594. The summed E-state index contributed by atoms with van der Waals surface area (Å²) < 4.78 is 2.06. The summed E-state index contributed by atoms with van der Waals surface area (Å²) in [5.74, 6) is 0.606. The lowest BCUT2D eigenvalue weighted by Crippen LogP contribution is -2.63. The molecular formula is C14H22N5O4+. The second kappa shape index (κ2) is 5.89. The lowest BCUT2D eigenvalue weighted by molar-refractivity contribution is -0.511. The van der Waals surface area contributed by atoms with E-state index >= 15 is 0 Å². The molecule has 0 aromatic carbocycles. The van der Waals surface area contributed by atoms with Crippen molar-refractivity contribution in [2.24, 2.45) is 4.99 Å². The number of aliphatic imine (C=N–C) groups is 1. The maximum absolute atomic E-state index is 12.6. The lowest BCUT2D eigenvalue weighted by Gasteiger charge is -2.33. The molecule has 3 aliphatic rings. The van der Waals surface area contributed by atoms with Crippen LogP contribution in [0.25, 0.3) is 0 Å². The molecule has 3 amide bonds. The van der Waals surface area contributed by atoms with E-state index in [1.165, 1.54) is 11.9 Å². The first-order valence-electron chi connectivity index (χ1n) is 7.77. The minimum absolute atomic E-state index is 0.0849. The smallest absolute Gasteiger partial charge is 0.392 e. The van der Waals surface area contributed by atoms with Crippen molar-refractivity contribution in [3.8, 4) is 0 Å². The van der Waals surface area contributed by atoms with Gasteiger partial charge >= 0.3 is 12.0 Å². The molecule has 0 aromatic heterocycles. The largest absolute Gasteiger partial charge is 0.394 e. The minimum atomic E-state index is -0.983. The number of nitrogens with zero attached hydrogens (tertiary/aromatic N) is 5. The molecule has 2 unspecified atom stereocenters. The summed E-state index contributed by atoms with van der Waals surface area (Å²) in [6, 6.07) is -1.16. The maximum Gasteiger partial charge on any atom is 0.392 e. The fourth-order valence-electron chi connectivity index (χ4n) is 3.23. The Kier molecular flexibility index (Phi) is 4.07. The van der Waals surface area contributed by atoms with Gasteiger partial charge in [0.05, 0.1) is 26.2 Å². The Hall–Kier alpha value is -2.00. The number of urea groups is 1. The Morgan fingerprint density at radius 1 is 1.26 bits per heavy atom. The number of hydrogen-bond donors (Lipinski definition) is 2. The molecule has 3 heterocycles. The Morgan fingerprint density at radius 3 is 2.52 bits per heavy atom. The van der Waals surface area contributed by atoms with Gasteiger partial charge in [0.15, 0.2) is 0 Å².